The Hall–Kier alpha value is -3.16. The lowest BCUT2D eigenvalue weighted by molar-refractivity contribution is -0.917. The largest absolute Gasteiger partial charge is 0.462 e. The van der Waals surface area contributed by atoms with E-state index in [9.17, 15) is 14.4 Å². The Balaban J connectivity index is 1.46. The number of anilines is 1. The molecule has 0 atom stereocenters. The van der Waals surface area contributed by atoms with Crippen molar-refractivity contribution < 1.29 is 24.0 Å². The zero-order valence-corrected chi connectivity index (χ0v) is 18.6. The maximum Gasteiger partial charge on any atom is 0.338 e. The molecule has 0 unspecified atom stereocenters. The summed E-state index contributed by atoms with van der Waals surface area (Å²) in [6.07, 6.45) is 0. The SMILES string of the molecule is CCOC(=O)c1cccc(N2C(=O)C(Cl)=C(N3CC[NH+](Cc4ccccc4)CC3)C2=O)c1. The molecule has 0 spiro atoms. The summed E-state index contributed by atoms with van der Waals surface area (Å²) in [5, 5.41) is -0.0805. The number of carbonyl (C=O) groups excluding carboxylic acids is 3. The number of imide groups is 1. The number of ether oxygens (including phenoxy) is 1. The van der Waals surface area contributed by atoms with Crippen LogP contribution in [0.15, 0.2) is 65.3 Å². The molecule has 1 fully saturated rings. The van der Waals surface area contributed by atoms with E-state index in [1.807, 2.05) is 23.1 Å². The van der Waals surface area contributed by atoms with Crippen molar-refractivity contribution in [3.05, 3.63) is 76.5 Å². The molecule has 2 aromatic rings. The first-order valence-corrected chi connectivity index (χ1v) is 11.1. The van der Waals surface area contributed by atoms with Crippen molar-refractivity contribution in [1.29, 1.82) is 0 Å². The Bertz CT molecular complexity index is 1060. The van der Waals surface area contributed by atoms with E-state index >= 15 is 0 Å². The van der Waals surface area contributed by atoms with Crippen LogP contribution in [0.3, 0.4) is 0 Å². The molecule has 0 saturated carbocycles. The molecular formula is C24H25ClN3O4+. The number of hydrogen-bond donors (Lipinski definition) is 1. The second-order valence-corrected chi connectivity index (χ2v) is 8.16. The van der Waals surface area contributed by atoms with Crippen LogP contribution in [0.4, 0.5) is 5.69 Å². The number of rotatable bonds is 6. The highest BCUT2D eigenvalue weighted by atomic mass is 35.5. The molecular weight excluding hydrogens is 430 g/mol. The highest BCUT2D eigenvalue weighted by Gasteiger charge is 2.42. The lowest BCUT2D eigenvalue weighted by atomic mass is 10.2. The molecule has 0 radical (unpaired) electrons. The van der Waals surface area contributed by atoms with Crippen LogP contribution in [-0.4, -0.2) is 55.5 Å². The van der Waals surface area contributed by atoms with Crippen LogP contribution in [0.2, 0.25) is 0 Å². The molecule has 7 nitrogen and oxygen atoms in total. The van der Waals surface area contributed by atoms with Crippen LogP contribution in [0, 0.1) is 0 Å². The number of benzene rings is 2. The first kappa shape index (κ1) is 22.0. The van der Waals surface area contributed by atoms with Crippen molar-refractivity contribution in [1.82, 2.24) is 4.90 Å². The second-order valence-electron chi connectivity index (χ2n) is 7.78. The van der Waals surface area contributed by atoms with Crippen LogP contribution in [0.1, 0.15) is 22.8 Å². The van der Waals surface area contributed by atoms with Gasteiger partial charge in [-0.15, -0.1) is 0 Å². The third-order valence-corrected chi connectivity index (χ3v) is 6.04. The fourth-order valence-corrected chi connectivity index (χ4v) is 4.38. The monoisotopic (exact) mass is 454 g/mol. The molecule has 2 aliphatic heterocycles. The molecule has 2 aliphatic rings. The molecule has 0 aromatic heterocycles. The number of halogens is 1. The van der Waals surface area contributed by atoms with Crippen LogP contribution in [0.5, 0.6) is 0 Å². The third-order valence-electron chi connectivity index (χ3n) is 5.70. The van der Waals surface area contributed by atoms with Gasteiger partial charge in [-0.2, -0.15) is 0 Å². The summed E-state index contributed by atoms with van der Waals surface area (Å²) in [6.45, 7) is 5.80. The first-order chi connectivity index (χ1) is 15.5. The van der Waals surface area contributed by atoms with Gasteiger partial charge in [0, 0.05) is 5.56 Å². The molecule has 4 rings (SSSR count). The summed E-state index contributed by atoms with van der Waals surface area (Å²) < 4.78 is 5.01. The van der Waals surface area contributed by atoms with Gasteiger partial charge in [-0.3, -0.25) is 9.59 Å². The average Bonchev–Trinajstić information content (AvgIpc) is 3.03. The van der Waals surface area contributed by atoms with Gasteiger partial charge in [0.1, 0.15) is 17.3 Å². The predicted molar refractivity (Wildman–Crippen MR) is 120 cm³/mol. The number of piperazine rings is 1. The van der Waals surface area contributed by atoms with Crippen LogP contribution in [-0.2, 0) is 20.9 Å². The molecule has 0 bridgehead atoms. The summed E-state index contributed by atoms with van der Waals surface area (Å²) in [6, 6.07) is 16.6. The maximum atomic E-state index is 13.2. The smallest absolute Gasteiger partial charge is 0.338 e. The predicted octanol–water partition coefficient (Wildman–Crippen LogP) is 1.59. The molecule has 1 saturated heterocycles. The lowest BCUT2D eigenvalue weighted by Crippen LogP contribution is -3.13. The quantitative estimate of drug-likeness (QED) is 0.530. The molecule has 2 amide bonds. The van der Waals surface area contributed by atoms with Crippen molar-refractivity contribution in [2.45, 2.75) is 13.5 Å². The highest BCUT2D eigenvalue weighted by Crippen LogP contribution is 2.31. The minimum Gasteiger partial charge on any atom is -0.462 e. The second kappa shape index (κ2) is 9.54. The summed E-state index contributed by atoms with van der Waals surface area (Å²) >= 11 is 6.35. The number of esters is 1. The summed E-state index contributed by atoms with van der Waals surface area (Å²) in [7, 11) is 0. The third kappa shape index (κ3) is 4.40. The number of hydrogen-bond acceptors (Lipinski definition) is 5. The zero-order chi connectivity index (χ0) is 22.7. The van der Waals surface area contributed by atoms with Gasteiger partial charge in [-0.25, -0.2) is 9.69 Å². The summed E-state index contributed by atoms with van der Waals surface area (Å²) in [4.78, 5) is 42.5. The van der Waals surface area contributed by atoms with E-state index in [0.29, 0.717) is 18.8 Å². The normalized spacial score (nSPS) is 17.3. The van der Waals surface area contributed by atoms with Gasteiger partial charge in [-0.1, -0.05) is 48.0 Å². The van der Waals surface area contributed by atoms with E-state index in [-0.39, 0.29) is 22.9 Å². The van der Waals surface area contributed by atoms with Crippen molar-refractivity contribution in [3.8, 4) is 0 Å². The Morgan fingerprint density at radius 1 is 1.03 bits per heavy atom. The van der Waals surface area contributed by atoms with Gasteiger partial charge in [-0.05, 0) is 25.1 Å². The number of amides is 2. The Labute approximate surface area is 191 Å². The van der Waals surface area contributed by atoms with E-state index in [4.69, 9.17) is 16.3 Å². The van der Waals surface area contributed by atoms with Crippen molar-refractivity contribution in [3.63, 3.8) is 0 Å². The Morgan fingerprint density at radius 2 is 1.75 bits per heavy atom. The lowest BCUT2D eigenvalue weighted by Gasteiger charge is -2.33. The summed E-state index contributed by atoms with van der Waals surface area (Å²) in [5.74, 6) is -1.55. The topological polar surface area (TPSA) is 71.4 Å². The Morgan fingerprint density at radius 3 is 2.44 bits per heavy atom. The molecule has 8 heteroatoms. The number of nitrogens with one attached hydrogen (secondary N) is 1. The summed E-state index contributed by atoms with van der Waals surface area (Å²) in [5.41, 5.74) is 2.07. The highest BCUT2D eigenvalue weighted by molar-refractivity contribution is 6.52. The van der Waals surface area contributed by atoms with Crippen molar-refractivity contribution in [2.24, 2.45) is 0 Å². The molecule has 2 aromatic carbocycles. The van der Waals surface area contributed by atoms with Gasteiger partial charge >= 0.3 is 5.97 Å². The fourth-order valence-electron chi connectivity index (χ4n) is 4.09. The van der Waals surface area contributed by atoms with Gasteiger partial charge in [0.25, 0.3) is 11.8 Å². The van der Waals surface area contributed by atoms with Crippen LogP contribution >= 0.6 is 11.6 Å². The van der Waals surface area contributed by atoms with Crippen LogP contribution < -0.4 is 9.80 Å². The van der Waals surface area contributed by atoms with Gasteiger partial charge in [0.2, 0.25) is 0 Å². The number of nitrogens with zero attached hydrogens (tertiary/aromatic N) is 2. The zero-order valence-electron chi connectivity index (χ0n) is 17.8. The minimum absolute atomic E-state index is 0.0805. The molecule has 32 heavy (non-hydrogen) atoms. The number of carbonyl (C=O) groups is 3. The van der Waals surface area contributed by atoms with E-state index in [1.54, 1.807) is 25.1 Å². The van der Waals surface area contributed by atoms with Gasteiger partial charge in [0.05, 0.1) is 44.0 Å². The maximum absolute atomic E-state index is 13.2. The molecule has 1 N–H and O–H groups in total. The van der Waals surface area contributed by atoms with Crippen molar-refractivity contribution >= 4 is 35.1 Å². The van der Waals surface area contributed by atoms with Gasteiger partial charge < -0.3 is 14.5 Å². The molecule has 166 valence electrons. The first-order valence-electron chi connectivity index (χ1n) is 10.7. The average molecular weight is 455 g/mol. The standard InChI is InChI=1S/C24H24ClN3O4/c1-2-32-24(31)18-9-6-10-19(15-18)28-22(29)20(25)21(23(28)30)27-13-11-26(12-14-27)16-17-7-4-3-5-8-17/h3-10,15H,2,11-14,16H2,1H3/p+1. The van der Waals surface area contributed by atoms with E-state index in [0.717, 1.165) is 24.5 Å². The fraction of sp³-hybridized carbons (Fsp3) is 0.292. The van der Waals surface area contributed by atoms with Gasteiger partial charge in [0.15, 0.2) is 0 Å². The molecule has 2 heterocycles. The van der Waals surface area contributed by atoms with Crippen LogP contribution in [0.25, 0.3) is 0 Å². The minimum atomic E-state index is -0.577. The van der Waals surface area contributed by atoms with E-state index in [2.05, 4.69) is 12.1 Å². The molecule has 0 aliphatic carbocycles. The van der Waals surface area contributed by atoms with Crippen molar-refractivity contribution in [2.75, 3.05) is 37.7 Å². The van der Waals surface area contributed by atoms with E-state index < -0.39 is 17.8 Å². The van der Waals surface area contributed by atoms with E-state index in [1.165, 1.54) is 16.5 Å². The Kier molecular flexibility index (Phi) is 6.58. The number of quaternary nitrogens is 1.